The maximum atomic E-state index is 10.3. The highest BCUT2D eigenvalue weighted by molar-refractivity contribution is 6.14. The molecule has 0 saturated carbocycles. The van der Waals surface area contributed by atoms with Crippen LogP contribution in [0.5, 0.6) is 0 Å². The van der Waals surface area contributed by atoms with Crippen LogP contribution < -0.4 is 0 Å². The average Bonchev–Trinajstić information content (AvgIpc) is 2.11. The Kier molecular flexibility index (Phi) is 5.94. The maximum Gasteiger partial charge on any atom is 0.303 e. The fourth-order valence-corrected chi connectivity index (χ4v) is 0.654. The number of carbonyl (C=O) groups excluding carboxylic acids is 2. The largest absolute Gasteiger partial charge is 0.481 e. The molecule has 1 rings (SSSR count). The Balaban J connectivity index is 0.000000255. The monoisotopic (exact) mass is 196 g/mol. The fourth-order valence-electron chi connectivity index (χ4n) is 0.654. The Morgan fingerprint density at radius 2 is 1.50 bits per heavy atom. The van der Waals surface area contributed by atoms with Crippen molar-refractivity contribution in [2.75, 3.05) is 0 Å². The lowest BCUT2D eigenvalue weighted by molar-refractivity contribution is -0.137. The van der Waals surface area contributed by atoms with Gasteiger partial charge in [0, 0.05) is 6.42 Å². The fraction of sp³-hybridized carbons (Fsp3) is 0.300. The molecule has 0 aliphatic heterocycles. The molecule has 76 valence electrons. The van der Waals surface area contributed by atoms with Crippen LogP contribution in [-0.4, -0.2) is 22.6 Å². The lowest BCUT2D eigenvalue weighted by Crippen LogP contribution is -1.97. The van der Waals surface area contributed by atoms with Gasteiger partial charge in [-0.15, -0.1) is 0 Å². The minimum Gasteiger partial charge on any atom is -0.481 e. The molecule has 0 radical (unpaired) electrons. The Labute approximate surface area is 81.9 Å². The summed E-state index contributed by atoms with van der Waals surface area (Å²) in [5.74, 6) is -0.952. The number of rotatable bonds is 2. The van der Waals surface area contributed by atoms with Gasteiger partial charge in [-0.05, 0) is 30.7 Å². The highest BCUT2D eigenvalue weighted by Crippen LogP contribution is 1.90. The van der Waals surface area contributed by atoms with Crippen molar-refractivity contribution in [1.29, 1.82) is 0 Å². The third-order valence-corrected chi connectivity index (χ3v) is 1.29. The molecule has 4 nitrogen and oxygen atoms in total. The molecule has 0 aromatic heterocycles. The molecular formula is C10H12O4. The second kappa shape index (κ2) is 6.77. The summed E-state index contributed by atoms with van der Waals surface area (Å²) >= 11 is 0. The summed E-state index contributed by atoms with van der Waals surface area (Å²) in [6.07, 6.45) is 6.03. The van der Waals surface area contributed by atoms with Crippen molar-refractivity contribution in [3.8, 4) is 0 Å². The van der Waals surface area contributed by atoms with Crippen LogP contribution in [-0.2, 0) is 14.4 Å². The van der Waals surface area contributed by atoms with Crippen LogP contribution in [0, 0.1) is 0 Å². The number of aliphatic carboxylic acids is 1. The number of carboxylic acid groups (broad SMARTS) is 1. The van der Waals surface area contributed by atoms with E-state index in [1.165, 1.54) is 24.3 Å². The minimum atomic E-state index is -0.711. The first-order valence-electron chi connectivity index (χ1n) is 4.22. The zero-order valence-electron chi connectivity index (χ0n) is 7.90. The van der Waals surface area contributed by atoms with Crippen molar-refractivity contribution >= 4 is 17.5 Å². The summed E-state index contributed by atoms with van der Waals surface area (Å²) in [4.78, 5) is 30.2. The van der Waals surface area contributed by atoms with Crippen LogP contribution in [0.1, 0.15) is 19.8 Å². The molecule has 0 bridgehead atoms. The Bertz CT molecular complexity index is 248. The molecule has 1 aliphatic carbocycles. The normalized spacial score (nSPS) is 13.5. The van der Waals surface area contributed by atoms with Gasteiger partial charge in [0.05, 0.1) is 0 Å². The Morgan fingerprint density at radius 1 is 1.14 bits per heavy atom. The predicted octanol–water partition coefficient (Wildman–Crippen LogP) is 1.12. The van der Waals surface area contributed by atoms with Gasteiger partial charge < -0.3 is 5.11 Å². The lowest BCUT2D eigenvalue weighted by Gasteiger charge is -1.87. The van der Waals surface area contributed by atoms with Gasteiger partial charge in [-0.25, -0.2) is 0 Å². The van der Waals surface area contributed by atoms with Crippen molar-refractivity contribution in [3.63, 3.8) is 0 Å². The number of allylic oxidation sites excluding steroid dienone is 4. The molecule has 0 amide bonds. The van der Waals surface area contributed by atoms with E-state index in [1.807, 2.05) is 6.92 Å². The van der Waals surface area contributed by atoms with E-state index < -0.39 is 5.97 Å². The molecule has 4 heteroatoms. The SMILES string of the molecule is CCCC(=O)O.O=C1C=CC(=O)C=C1. The van der Waals surface area contributed by atoms with Crippen LogP contribution >= 0.6 is 0 Å². The van der Waals surface area contributed by atoms with E-state index in [2.05, 4.69) is 0 Å². The highest BCUT2D eigenvalue weighted by atomic mass is 16.4. The second-order valence-electron chi connectivity index (χ2n) is 2.62. The summed E-state index contributed by atoms with van der Waals surface area (Å²) < 4.78 is 0. The average molecular weight is 196 g/mol. The van der Waals surface area contributed by atoms with Crippen molar-refractivity contribution in [3.05, 3.63) is 24.3 Å². The van der Waals surface area contributed by atoms with Crippen LogP contribution in [0.3, 0.4) is 0 Å². The maximum absolute atomic E-state index is 10.3. The first kappa shape index (κ1) is 12.3. The van der Waals surface area contributed by atoms with Gasteiger partial charge in [-0.1, -0.05) is 6.92 Å². The van der Waals surface area contributed by atoms with Gasteiger partial charge in [0.15, 0.2) is 11.6 Å². The first-order chi connectivity index (χ1) is 6.56. The molecule has 0 atom stereocenters. The molecule has 0 unspecified atom stereocenters. The second-order valence-corrected chi connectivity index (χ2v) is 2.62. The number of carboxylic acids is 1. The molecule has 1 N–H and O–H groups in total. The van der Waals surface area contributed by atoms with E-state index >= 15 is 0 Å². The van der Waals surface area contributed by atoms with Crippen LogP contribution in [0.25, 0.3) is 0 Å². The lowest BCUT2D eigenvalue weighted by atomic mass is 10.2. The molecule has 0 aromatic carbocycles. The smallest absolute Gasteiger partial charge is 0.303 e. The number of carbonyl (C=O) groups is 3. The van der Waals surface area contributed by atoms with E-state index in [9.17, 15) is 14.4 Å². The zero-order chi connectivity index (χ0) is 11.0. The third-order valence-electron chi connectivity index (χ3n) is 1.29. The third kappa shape index (κ3) is 6.97. The first-order valence-corrected chi connectivity index (χ1v) is 4.22. The van der Waals surface area contributed by atoms with Crippen LogP contribution in [0.4, 0.5) is 0 Å². The van der Waals surface area contributed by atoms with Crippen LogP contribution in [0.15, 0.2) is 24.3 Å². The molecule has 0 spiro atoms. The number of ketones is 2. The van der Waals surface area contributed by atoms with Gasteiger partial charge in [0.2, 0.25) is 0 Å². The summed E-state index contributed by atoms with van der Waals surface area (Å²) in [6, 6.07) is 0. The molecule has 0 aromatic rings. The highest BCUT2D eigenvalue weighted by Gasteiger charge is 1.97. The van der Waals surface area contributed by atoms with E-state index in [4.69, 9.17) is 5.11 Å². The molecule has 0 fully saturated rings. The predicted molar refractivity (Wildman–Crippen MR) is 50.8 cm³/mol. The van der Waals surface area contributed by atoms with Gasteiger partial charge in [-0.3, -0.25) is 14.4 Å². The van der Waals surface area contributed by atoms with Gasteiger partial charge in [0.25, 0.3) is 0 Å². The molecule has 1 aliphatic rings. The van der Waals surface area contributed by atoms with Crippen molar-refractivity contribution in [2.24, 2.45) is 0 Å². The van der Waals surface area contributed by atoms with E-state index in [0.717, 1.165) is 6.42 Å². The van der Waals surface area contributed by atoms with E-state index in [-0.39, 0.29) is 11.6 Å². The van der Waals surface area contributed by atoms with E-state index in [0.29, 0.717) is 6.42 Å². The van der Waals surface area contributed by atoms with Gasteiger partial charge >= 0.3 is 5.97 Å². The summed E-state index contributed by atoms with van der Waals surface area (Å²) in [5.41, 5.74) is 0. The quantitative estimate of drug-likeness (QED) is 0.672. The molecular weight excluding hydrogens is 184 g/mol. The van der Waals surface area contributed by atoms with Crippen molar-refractivity contribution < 1.29 is 19.5 Å². The summed E-state index contributed by atoms with van der Waals surface area (Å²) in [5, 5.41) is 7.91. The Hall–Kier alpha value is -1.71. The van der Waals surface area contributed by atoms with Crippen molar-refractivity contribution in [2.45, 2.75) is 19.8 Å². The van der Waals surface area contributed by atoms with Crippen LogP contribution in [0.2, 0.25) is 0 Å². The standard InChI is InChI=1S/C6H4O2.C4H8O2/c7-5-1-2-6(8)4-3-5;1-2-3-4(5)6/h1-4H;2-3H2,1H3,(H,5,6). The van der Waals surface area contributed by atoms with Gasteiger partial charge in [0.1, 0.15) is 0 Å². The summed E-state index contributed by atoms with van der Waals surface area (Å²) in [7, 11) is 0. The van der Waals surface area contributed by atoms with Gasteiger partial charge in [-0.2, -0.15) is 0 Å². The zero-order valence-corrected chi connectivity index (χ0v) is 7.90. The summed E-state index contributed by atoms with van der Waals surface area (Å²) in [6.45, 7) is 1.84. The number of hydrogen-bond acceptors (Lipinski definition) is 3. The number of hydrogen-bond donors (Lipinski definition) is 1. The topological polar surface area (TPSA) is 71.4 Å². The molecule has 14 heavy (non-hydrogen) atoms. The Morgan fingerprint density at radius 3 is 1.64 bits per heavy atom. The molecule has 0 saturated heterocycles. The van der Waals surface area contributed by atoms with E-state index in [1.54, 1.807) is 0 Å². The minimum absolute atomic E-state index is 0.121. The van der Waals surface area contributed by atoms with Crippen molar-refractivity contribution in [1.82, 2.24) is 0 Å². The molecule has 0 heterocycles.